The van der Waals surface area contributed by atoms with Crippen molar-refractivity contribution in [2.75, 3.05) is 11.6 Å². The van der Waals surface area contributed by atoms with Gasteiger partial charge in [-0.3, -0.25) is 4.79 Å². The lowest BCUT2D eigenvalue weighted by Crippen LogP contribution is -2.42. The summed E-state index contributed by atoms with van der Waals surface area (Å²) >= 11 is 1.66. The maximum Gasteiger partial charge on any atom is 0.228 e. The highest BCUT2D eigenvalue weighted by atomic mass is 32.2. The Hall–Kier alpha value is -2.52. The Bertz CT molecular complexity index is 942. The van der Waals surface area contributed by atoms with Gasteiger partial charge in [0.2, 0.25) is 5.91 Å². The van der Waals surface area contributed by atoms with E-state index in [1.165, 1.54) is 22.3 Å². The van der Waals surface area contributed by atoms with Crippen molar-refractivity contribution in [3.63, 3.8) is 0 Å². The minimum Gasteiger partial charge on any atom is -0.325 e. The van der Waals surface area contributed by atoms with Gasteiger partial charge in [0.1, 0.15) is 0 Å². The number of hydrogen-bond acceptors (Lipinski definition) is 2. The van der Waals surface area contributed by atoms with E-state index in [1.807, 2.05) is 24.5 Å². The van der Waals surface area contributed by atoms with Gasteiger partial charge in [-0.1, -0.05) is 71.8 Å². The summed E-state index contributed by atoms with van der Waals surface area (Å²) < 4.78 is 0. The molecule has 3 aromatic rings. The Morgan fingerprint density at radius 2 is 1.34 bits per heavy atom. The van der Waals surface area contributed by atoms with Gasteiger partial charge in [0.05, 0.1) is 11.6 Å². The minimum atomic E-state index is -0.0599. The Morgan fingerprint density at radius 3 is 1.86 bits per heavy atom. The van der Waals surface area contributed by atoms with E-state index in [4.69, 9.17) is 0 Å². The third-order valence-corrected chi connectivity index (χ3v) is 6.85. The van der Waals surface area contributed by atoms with Gasteiger partial charge >= 0.3 is 0 Å². The number of hydrogen-bond donors (Lipinski definition) is 1. The number of para-hydroxylation sites is 1. The molecular formula is C26H27NOS. The molecule has 1 N–H and O–H groups in total. The van der Waals surface area contributed by atoms with Crippen molar-refractivity contribution in [1.29, 1.82) is 0 Å². The highest BCUT2D eigenvalue weighted by Gasteiger charge is 2.47. The van der Waals surface area contributed by atoms with Crippen molar-refractivity contribution >= 4 is 23.4 Å². The van der Waals surface area contributed by atoms with E-state index in [0.29, 0.717) is 0 Å². The largest absolute Gasteiger partial charge is 0.325 e. The van der Waals surface area contributed by atoms with Crippen molar-refractivity contribution in [3.8, 4) is 0 Å². The smallest absolute Gasteiger partial charge is 0.228 e. The van der Waals surface area contributed by atoms with E-state index in [-0.39, 0.29) is 23.7 Å². The number of benzene rings is 3. The summed E-state index contributed by atoms with van der Waals surface area (Å²) in [6, 6.07) is 25.3. The second kappa shape index (κ2) is 8.46. The van der Waals surface area contributed by atoms with E-state index in [9.17, 15) is 4.79 Å². The molecule has 0 spiro atoms. The average Bonchev–Trinajstić information content (AvgIpc) is 2.70. The monoisotopic (exact) mass is 401 g/mol. The molecule has 0 bridgehead atoms. The van der Waals surface area contributed by atoms with Crippen molar-refractivity contribution < 1.29 is 4.79 Å². The Labute approximate surface area is 177 Å². The number of anilines is 1. The standard InChI is InChI=1S/C26H27NOS/c1-17-8-12-19(13-9-17)21-16-22(20-14-10-18(2)11-15-20)25(21)26(28)27-23-6-4-5-7-24(23)29-3/h4-15,21-22,25H,16H2,1-3H3,(H,27,28)/t21-,22+,25?. The summed E-state index contributed by atoms with van der Waals surface area (Å²) in [4.78, 5) is 14.5. The summed E-state index contributed by atoms with van der Waals surface area (Å²) in [7, 11) is 0. The second-order valence-corrected chi connectivity index (χ2v) is 8.83. The zero-order chi connectivity index (χ0) is 20.4. The second-order valence-electron chi connectivity index (χ2n) is 7.99. The predicted molar refractivity (Wildman–Crippen MR) is 123 cm³/mol. The van der Waals surface area contributed by atoms with Gasteiger partial charge in [-0.2, -0.15) is 0 Å². The van der Waals surface area contributed by atoms with Gasteiger partial charge < -0.3 is 5.32 Å². The fourth-order valence-corrected chi connectivity index (χ4v) is 4.85. The van der Waals surface area contributed by atoms with Gasteiger partial charge in [0.25, 0.3) is 0 Å². The lowest BCUT2D eigenvalue weighted by Gasteiger charge is -2.44. The molecule has 1 saturated carbocycles. The van der Waals surface area contributed by atoms with E-state index in [2.05, 4.69) is 73.8 Å². The zero-order valence-corrected chi connectivity index (χ0v) is 18.0. The molecule has 1 unspecified atom stereocenters. The molecule has 1 aliphatic rings. The number of amides is 1. The van der Waals surface area contributed by atoms with Crippen LogP contribution in [0.15, 0.2) is 77.7 Å². The molecule has 3 aromatic carbocycles. The fraction of sp³-hybridized carbons (Fsp3) is 0.269. The molecule has 0 radical (unpaired) electrons. The molecule has 0 heterocycles. The SMILES string of the molecule is CSc1ccccc1NC(=O)C1[C@@H](c2ccc(C)cc2)C[C@H]1c1ccc(C)cc1. The van der Waals surface area contributed by atoms with Crippen molar-refractivity contribution in [3.05, 3.63) is 95.1 Å². The highest BCUT2D eigenvalue weighted by Crippen LogP contribution is 2.53. The molecule has 4 rings (SSSR count). The molecule has 1 fully saturated rings. The molecule has 3 atom stereocenters. The van der Waals surface area contributed by atoms with Crippen molar-refractivity contribution in [1.82, 2.24) is 0 Å². The van der Waals surface area contributed by atoms with Crippen LogP contribution in [-0.4, -0.2) is 12.2 Å². The van der Waals surface area contributed by atoms with Crippen LogP contribution in [0, 0.1) is 19.8 Å². The third-order valence-electron chi connectivity index (χ3n) is 6.05. The Balaban J connectivity index is 1.63. The van der Waals surface area contributed by atoms with E-state index < -0.39 is 0 Å². The number of aryl methyl sites for hydroxylation is 2. The molecule has 0 aliphatic heterocycles. The Morgan fingerprint density at radius 1 is 0.828 bits per heavy atom. The maximum absolute atomic E-state index is 13.4. The molecule has 3 heteroatoms. The maximum atomic E-state index is 13.4. The van der Waals surface area contributed by atoms with E-state index in [0.717, 1.165) is 17.0 Å². The molecule has 2 nitrogen and oxygen atoms in total. The van der Waals surface area contributed by atoms with Crippen molar-refractivity contribution in [2.45, 2.75) is 37.0 Å². The van der Waals surface area contributed by atoms with Crippen LogP contribution in [0.1, 0.15) is 40.5 Å². The number of carbonyl (C=O) groups is 1. The first kappa shape index (κ1) is 19.8. The van der Waals surface area contributed by atoms with Crippen LogP contribution < -0.4 is 5.32 Å². The molecule has 29 heavy (non-hydrogen) atoms. The fourth-order valence-electron chi connectivity index (χ4n) is 4.29. The summed E-state index contributed by atoms with van der Waals surface area (Å²) in [5.74, 6) is 0.566. The topological polar surface area (TPSA) is 29.1 Å². The number of thioether (sulfide) groups is 1. The van der Waals surface area contributed by atoms with Crippen molar-refractivity contribution in [2.24, 2.45) is 5.92 Å². The quantitative estimate of drug-likeness (QED) is 0.491. The van der Waals surface area contributed by atoms with Crippen LogP contribution in [0.4, 0.5) is 5.69 Å². The first-order chi connectivity index (χ1) is 14.1. The number of nitrogens with one attached hydrogen (secondary N) is 1. The van der Waals surface area contributed by atoms with Crippen LogP contribution in [0.2, 0.25) is 0 Å². The van der Waals surface area contributed by atoms with Gasteiger partial charge in [-0.05, 0) is 61.6 Å². The lowest BCUT2D eigenvalue weighted by molar-refractivity contribution is -0.124. The summed E-state index contributed by atoms with van der Waals surface area (Å²) in [5.41, 5.74) is 5.92. The Kier molecular flexibility index (Phi) is 5.77. The highest BCUT2D eigenvalue weighted by molar-refractivity contribution is 7.98. The lowest BCUT2D eigenvalue weighted by atomic mass is 9.59. The van der Waals surface area contributed by atoms with Crippen LogP contribution in [0.3, 0.4) is 0 Å². The van der Waals surface area contributed by atoms with E-state index >= 15 is 0 Å². The molecule has 148 valence electrons. The van der Waals surface area contributed by atoms with Crippen LogP contribution in [0.5, 0.6) is 0 Å². The molecule has 0 saturated heterocycles. The summed E-state index contributed by atoms with van der Waals surface area (Å²) in [5, 5.41) is 3.23. The third kappa shape index (κ3) is 4.11. The van der Waals surface area contributed by atoms with Gasteiger partial charge in [0, 0.05) is 4.90 Å². The number of rotatable bonds is 5. The molecule has 0 aromatic heterocycles. The molecule has 1 amide bonds. The number of carbonyl (C=O) groups excluding carboxylic acids is 1. The van der Waals surface area contributed by atoms with Crippen LogP contribution in [0.25, 0.3) is 0 Å². The van der Waals surface area contributed by atoms with Gasteiger partial charge in [0.15, 0.2) is 0 Å². The van der Waals surface area contributed by atoms with E-state index in [1.54, 1.807) is 11.8 Å². The first-order valence-electron chi connectivity index (χ1n) is 10.1. The zero-order valence-electron chi connectivity index (χ0n) is 17.2. The summed E-state index contributed by atoms with van der Waals surface area (Å²) in [6.07, 6.45) is 3.05. The molecular weight excluding hydrogens is 374 g/mol. The molecule has 1 aliphatic carbocycles. The minimum absolute atomic E-state index is 0.0599. The first-order valence-corrected chi connectivity index (χ1v) is 11.4. The van der Waals surface area contributed by atoms with Gasteiger partial charge in [-0.25, -0.2) is 0 Å². The predicted octanol–water partition coefficient (Wildman–Crippen LogP) is 6.55. The van der Waals surface area contributed by atoms with Gasteiger partial charge in [-0.15, -0.1) is 11.8 Å². The average molecular weight is 402 g/mol. The summed E-state index contributed by atoms with van der Waals surface area (Å²) in [6.45, 7) is 4.20. The van der Waals surface area contributed by atoms with Crippen LogP contribution in [-0.2, 0) is 4.79 Å². The normalized spacial score (nSPS) is 20.7. The van der Waals surface area contributed by atoms with Crippen LogP contribution >= 0.6 is 11.8 Å².